The summed E-state index contributed by atoms with van der Waals surface area (Å²) < 4.78 is 2.95. The molecule has 1 saturated carbocycles. The van der Waals surface area contributed by atoms with Crippen LogP contribution in [0.3, 0.4) is 0 Å². The minimum atomic E-state index is -0.232. The van der Waals surface area contributed by atoms with E-state index < -0.39 is 0 Å². The molecular formula is C15H25BrN2O. The molecule has 19 heavy (non-hydrogen) atoms. The van der Waals surface area contributed by atoms with Gasteiger partial charge in [-0.1, -0.05) is 32.1 Å². The summed E-state index contributed by atoms with van der Waals surface area (Å²) in [5, 5.41) is 14.9. The molecule has 3 nitrogen and oxygen atoms in total. The molecule has 1 aliphatic rings. The highest BCUT2D eigenvalue weighted by Crippen LogP contribution is 2.28. The van der Waals surface area contributed by atoms with Crippen molar-refractivity contribution in [2.45, 2.75) is 64.4 Å². The van der Waals surface area contributed by atoms with Crippen LogP contribution in [-0.4, -0.2) is 21.0 Å². The van der Waals surface area contributed by atoms with Crippen molar-refractivity contribution < 1.29 is 5.11 Å². The number of aryl methyl sites for hydroxylation is 2. The molecule has 0 amide bonds. The molecule has 1 N–H and O–H groups in total. The van der Waals surface area contributed by atoms with Crippen molar-refractivity contribution in [2.24, 2.45) is 13.0 Å². The smallest absolute Gasteiger partial charge is 0.0738 e. The Balaban J connectivity index is 2.00. The second kappa shape index (κ2) is 6.89. The van der Waals surface area contributed by atoms with Gasteiger partial charge in [-0.25, -0.2) is 0 Å². The van der Waals surface area contributed by atoms with E-state index in [1.54, 1.807) is 0 Å². The van der Waals surface area contributed by atoms with Gasteiger partial charge in [-0.2, -0.15) is 5.10 Å². The van der Waals surface area contributed by atoms with Crippen LogP contribution in [0.5, 0.6) is 0 Å². The molecule has 0 aliphatic heterocycles. The molecule has 1 aromatic heterocycles. The molecule has 1 heterocycles. The van der Waals surface area contributed by atoms with Crippen LogP contribution >= 0.6 is 15.9 Å². The summed E-state index contributed by atoms with van der Waals surface area (Å²) in [5.41, 5.74) is 2.12. The fraction of sp³-hybridized carbons (Fsp3) is 0.800. The molecule has 1 atom stereocenters. The van der Waals surface area contributed by atoms with E-state index in [1.807, 2.05) is 18.7 Å². The van der Waals surface area contributed by atoms with E-state index in [1.165, 1.54) is 44.9 Å². The largest absolute Gasteiger partial charge is 0.392 e. The highest BCUT2D eigenvalue weighted by atomic mass is 79.9. The van der Waals surface area contributed by atoms with Crippen LogP contribution in [0.15, 0.2) is 4.47 Å². The maximum Gasteiger partial charge on any atom is 0.0738 e. The van der Waals surface area contributed by atoms with Crippen LogP contribution in [0.4, 0.5) is 0 Å². The number of nitrogens with zero attached hydrogens (tertiary/aromatic N) is 2. The Morgan fingerprint density at radius 3 is 2.37 bits per heavy atom. The molecule has 1 fully saturated rings. The highest BCUT2D eigenvalue weighted by molar-refractivity contribution is 9.10. The summed E-state index contributed by atoms with van der Waals surface area (Å²) >= 11 is 3.59. The SMILES string of the molecule is Cc1nn(C)c(CC(O)C2CCCCCCC2)c1Br. The molecule has 1 aromatic rings. The molecule has 108 valence electrons. The minimum Gasteiger partial charge on any atom is -0.392 e. The summed E-state index contributed by atoms with van der Waals surface area (Å²) in [6.45, 7) is 2.00. The number of rotatable bonds is 3. The Morgan fingerprint density at radius 1 is 1.26 bits per heavy atom. The fourth-order valence-electron chi connectivity index (χ4n) is 3.14. The van der Waals surface area contributed by atoms with Gasteiger partial charge in [-0.15, -0.1) is 0 Å². The van der Waals surface area contributed by atoms with Crippen LogP contribution in [0.25, 0.3) is 0 Å². The van der Waals surface area contributed by atoms with E-state index in [2.05, 4.69) is 21.0 Å². The van der Waals surface area contributed by atoms with Gasteiger partial charge in [-0.05, 0) is 41.6 Å². The maximum absolute atomic E-state index is 10.5. The van der Waals surface area contributed by atoms with Crippen molar-refractivity contribution in [3.63, 3.8) is 0 Å². The molecule has 0 bridgehead atoms. The predicted octanol–water partition coefficient (Wildman–Crippen LogP) is 3.75. The van der Waals surface area contributed by atoms with Gasteiger partial charge in [0.1, 0.15) is 0 Å². The zero-order valence-corrected chi connectivity index (χ0v) is 13.6. The van der Waals surface area contributed by atoms with Crippen molar-refractivity contribution in [3.05, 3.63) is 15.9 Å². The number of aliphatic hydroxyl groups is 1. The fourth-order valence-corrected chi connectivity index (χ4v) is 3.64. The average molecular weight is 329 g/mol. The zero-order valence-electron chi connectivity index (χ0n) is 12.0. The van der Waals surface area contributed by atoms with Gasteiger partial charge in [0, 0.05) is 13.5 Å². The van der Waals surface area contributed by atoms with E-state index in [4.69, 9.17) is 0 Å². The molecule has 0 radical (unpaired) electrons. The Morgan fingerprint density at radius 2 is 1.84 bits per heavy atom. The van der Waals surface area contributed by atoms with Gasteiger partial charge >= 0.3 is 0 Å². The van der Waals surface area contributed by atoms with E-state index >= 15 is 0 Å². The minimum absolute atomic E-state index is 0.232. The Hall–Kier alpha value is -0.350. The van der Waals surface area contributed by atoms with Crippen LogP contribution in [0.2, 0.25) is 0 Å². The zero-order chi connectivity index (χ0) is 13.8. The van der Waals surface area contributed by atoms with Crippen LogP contribution < -0.4 is 0 Å². The summed E-state index contributed by atoms with van der Waals surface area (Å²) in [6, 6.07) is 0. The molecule has 1 unspecified atom stereocenters. The normalized spacial score (nSPS) is 20.0. The lowest BCUT2D eigenvalue weighted by Gasteiger charge is -2.25. The van der Waals surface area contributed by atoms with Crippen molar-refractivity contribution in [2.75, 3.05) is 0 Å². The number of hydrogen-bond donors (Lipinski definition) is 1. The first-order valence-electron chi connectivity index (χ1n) is 7.45. The molecular weight excluding hydrogens is 304 g/mol. The lowest BCUT2D eigenvalue weighted by atomic mass is 9.85. The van der Waals surface area contributed by atoms with E-state index in [-0.39, 0.29) is 6.10 Å². The highest BCUT2D eigenvalue weighted by Gasteiger charge is 2.23. The van der Waals surface area contributed by atoms with Crippen molar-refractivity contribution in [3.8, 4) is 0 Å². The van der Waals surface area contributed by atoms with Crippen molar-refractivity contribution in [1.82, 2.24) is 9.78 Å². The first-order valence-corrected chi connectivity index (χ1v) is 8.25. The van der Waals surface area contributed by atoms with Gasteiger partial charge < -0.3 is 5.11 Å². The first-order chi connectivity index (χ1) is 9.09. The molecule has 2 rings (SSSR count). The Kier molecular flexibility index (Phi) is 5.46. The molecule has 4 heteroatoms. The molecule has 0 saturated heterocycles. The lowest BCUT2D eigenvalue weighted by molar-refractivity contribution is 0.0894. The summed E-state index contributed by atoms with van der Waals surface area (Å²) in [7, 11) is 1.96. The van der Waals surface area contributed by atoms with Crippen molar-refractivity contribution in [1.29, 1.82) is 0 Å². The van der Waals surface area contributed by atoms with E-state index in [9.17, 15) is 5.11 Å². The third-order valence-electron chi connectivity index (χ3n) is 4.36. The van der Waals surface area contributed by atoms with Gasteiger partial charge in [-0.3, -0.25) is 4.68 Å². The van der Waals surface area contributed by atoms with Gasteiger partial charge in [0.05, 0.1) is 22.0 Å². The topological polar surface area (TPSA) is 38.0 Å². The number of hydrogen-bond acceptors (Lipinski definition) is 2. The quantitative estimate of drug-likeness (QED) is 0.917. The number of aliphatic hydroxyl groups excluding tert-OH is 1. The van der Waals surface area contributed by atoms with Crippen LogP contribution in [0, 0.1) is 12.8 Å². The monoisotopic (exact) mass is 328 g/mol. The van der Waals surface area contributed by atoms with E-state index in [0.717, 1.165) is 15.9 Å². The average Bonchev–Trinajstić information content (AvgIpc) is 2.55. The number of halogens is 1. The third-order valence-corrected chi connectivity index (χ3v) is 5.39. The second-order valence-corrected chi connectivity index (χ2v) is 6.64. The van der Waals surface area contributed by atoms with Gasteiger partial charge in [0.15, 0.2) is 0 Å². The summed E-state index contributed by atoms with van der Waals surface area (Å²) in [6.07, 6.45) is 9.41. The van der Waals surface area contributed by atoms with E-state index in [0.29, 0.717) is 12.3 Å². The molecule has 1 aliphatic carbocycles. The maximum atomic E-state index is 10.5. The standard InChI is InChI=1S/C15H25BrN2O/c1-11-15(16)13(18(2)17-11)10-14(19)12-8-6-4-3-5-7-9-12/h12,14,19H,3-10H2,1-2H3. The van der Waals surface area contributed by atoms with Gasteiger partial charge in [0.25, 0.3) is 0 Å². The Bertz CT molecular complexity index is 409. The predicted molar refractivity (Wildman–Crippen MR) is 81.2 cm³/mol. The second-order valence-electron chi connectivity index (χ2n) is 5.85. The Labute approximate surface area is 124 Å². The summed E-state index contributed by atoms with van der Waals surface area (Å²) in [4.78, 5) is 0. The lowest BCUT2D eigenvalue weighted by Crippen LogP contribution is -2.25. The molecule has 0 aromatic carbocycles. The first kappa shape index (κ1) is 15.0. The third kappa shape index (κ3) is 3.82. The van der Waals surface area contributed by atoms with Crippen LogP contribution in [0.1, 0.15) is 56.3 Å². The van der Waals surface area contributed by atoms with Crippen LogP contribution in [-0.2, 0) is 13.5 Å². The molecule has 0 spiro atoms. The number of aromatic nitrogens is 2. The summed E-state index contributed by atoms with van der Waals surface area (Å²) in [5.74, 6) is 0.461. The van der Waals surface area contributed by atoms with Crippen molar-refractivity contribution >= 4 is 15.9 Å². The van der Waals surface area contributed by atoms with Gasteiger partial charge in [0.2, 0.25) is 0 Å².